The van der Waals surface area contributed by atoms with E-state index in [1.54, 1.807) is 24.3 Å². The van der Waals surface area contributed by atoms with Crippen molar-refractivity contribution in [2.45, 2.75) is 0 Å². The Kier molecular flexibility index (Phi) is 3.93. The lowest BCUT2D eigenvalue weighted by molar-refractivity contribution is 0.102. The first-order chi connectivity index (χ1) is 9.11. The summed E-state index contributed by atoms with van der Waals surface area (Å²) < 4.78 is 14.3. The Hall–Kier alpha value is -2.19. The normalized spacial score (nSPS) is 9.74. The predicted octanol–water partition coefficient (Wildman–Crippen LogP) is 3.71. The highest BCUT2D eigenvalue weighted by Gasteiger charge is 2.12. The Morgan fingerprint density at radius 3 is 2.63 bits per heavy atom. The lowest BCUT2D eigenvalue weighted by Crippen LogP contribution is -2.13. The summed E-state index contributed by atoms with van der Waals surface area (Å²) in [6.07, 6.45) is 0. The number of halogens is 2. The molecule has 2 rings (SSSR count). The van der Waals surface area contributed by atoms with Gasteiger partial charge in [-0.15, -0.1) is 0 Å². The average Bonchev–Trinajstić information content (AvgIpc) is 2.41. The minimum Gasteiger partial charge on any atom is -0.319 e. The second kappa shape index (κ2) is 5.63. The van der Waals surface area contributed by atoms with E-state index in [2.05, 4.69) is 21.2 Å². The standard InChI is InChI=1S/C14H8BrFN2O/c15-11-4-2-1-3-10(11)14(19)18-13-6-5-9(8-17)7-12(13)16/h1-7H,(H,18,19). The van der Waals surface area contributed by atoms with Crippen molar-refractivity contribution in [1.82, 2.24) is 0 Å². The number of rotatable bonds is 2. The number of carbonyl (C=O) groups excluding carboxylic acids is 1. The Bertz CT molecular complexity index is 679. The lowest BCUT2D eigenvalue weighted by Gasteiger charge is -2.07. The predicted molar refractivity (Wildman–Crippen MR) is 73.2 cm³/mol. The molecule has 0 radical (unpaired) electrons. The van der Waals surface area contributed by atoms with E-state index in [0.29, 0.717) is 10.0 Å². The minimum absolute atomic E-state index is 0.0414. The number of hydrogen-bond acceptors (Lipinski definition) is 2. The van der Waals surface area contributed by atoms with Crippen molar-refractivity contribution in [3.63, 3.8) is 0 Å². The van der Waals surface area contributed by atoms with Crippen LogP contribution in [0.3, 0.4) is 0 Å². The molecular formula is C14H8BrFN2O. The molecule has 2 aromatic carbocycles. The lowest BCUT2D eigenvalue weighted by atomic mass is 10.2. The maximum atomic E-state index is 13.6. The largest absolute Gasteiger partial charge is 0.319 e. The van der Waals surface area contributed by atoms with Crippen LogP contribution in [0.1, 0.15) is 15.9 Å². The van der Waals surface area contributed by atoms with Gasteiger partial charge in [-0.25, -0.2) is 4.39 Å². The summed E-state index contributed by atoms with van der Waals surface area (Å²) in [4.78, 5) is 12.0. The van der Waals surface area contributed by atoms with Gasteiger partial charge >= 0.3 is 0 Å². The van der Waals surface area contributed by atoms with Crippen LogP contribution in [-0.2, 0) is 0 Å². The van der Waals surface area contributed by atoms with Crippen molar-refractivity contribution in [2.75, 3.05) is 5.32 Å². The molecule has 0 unspecified atom stereocenters. The summed E-state index contributed by atoms with van der Waals surface area (Å²) in [5, 5.41) is 11.1. The Balaban J connectivity index is 2.25. The fraction of sp³-hybridized carbons (Fsp3) is 0. The molecule has 94 valence electrons. The Morgan fingerprint density at radius 2 is 2.00 bits per heavy atom. The second-order valence-electron chi connectivity index (χ2n) is 3.74. The van der Waals surface area contributed by atoms with E-state index in [4.69, 9.17) is 5.26 Å². The molecule has 0 saturated heterocycles. The summed E-state index contributed by atoms with van der Waals surface area (Å²) in [7, 11) is 0. The zero-order valence-corrected chi connectivity index (χ0v) is 11.2. The summed E-state index contributed by atoms with van der Waals surface area (Å²) in [6.45, 7) is 0. The monoisotopic (exact) mass is 318 g/mol. The zero-order chi connectivity index (χ0) is 13.8. The van der Waals surface area contributed by atoms with Gasteiger partial charge in [0.25, 0.3) is 5.91 Å². The van der Waals surface area contributed by atoms with E-state index in [1.165, 1.54) is 12.1 Å². The van der Waals surface area contributed by atoms with Gasteiger partial charge in [0, 0.05) is 4.47 Å². The first kappa shape index (κ1) is 13.2. The van der Waals surface area contributed by atoms with Gasteiger partial charge in [0.15, 0.2) is 0 Å². The minimum atomic E-state index is -0.639. The highest BCUT2D eigenvalue weighted by molar-refractivity contribution is 9.10. The van der Waals surface area contributed by atoms with E-state index < -0.39 is 11.7 Å². The van der Waals surface area contributed by atoms with Gasteiger partial charge in [0.05, 0.1) is 22.9 Å². The fourth-order valence-corrected chi connectivity index (χ4v) is 1.99. The highest BCUT2D eigenvalue weighted by Crippen LogP contribution is 2.20. The number of anilines is 1. The number of nitriles is 1. The van der Waals surface area contributed by atoms with Crippen molar-refractivity contribution in [2.24, 2.45) is 0 Å². The molecule has 5 heteroatoms. The Morgan fingerprint density at radius 1 is 1.26 bits per heavy atom. The third-order valence-electron chi connectivity index (χ3n) is 2.46. The van der Waals surface area contributed by atoms with E-state index in [-0.39, 0.29) is 11.3 Å². The van der Waals surface area contributed by atoms with Gasteiger partial charge in [-0.1, -0.05) is 12.1 Å². The molecule has 0 aromatic heterocycles. The molecule has 0 atom stereocenters. The van der Waals surface area contributed by atoms with Crippen LogP contribution in [0, 0.1) is 17.1 Å². The van der Waals surface area contributed by atoms with Crippen LogP contribution < -0.4 is 5.32 Å². The summed E-state index contributed by atoms with van der Waals surface area (Å²) in [6, 6.07) is 12.6. The molecule has 0 spiro atoms. The van der Waals surface area contributed by atoms with Crippen LogP contribution in [0.2, 0.25) is 0 Å². The number of carbonyl (C=O) groups is 1. The van der Waals surface area contributed by atoms with Crippen LogP contribution in [-0.4, -0.2) is 5.91 Å². The molecule has 1 amide bonds. The molecule has 3 nitrogen and oxygen atoms in total. The molecule has 0 aliphatic rings. The summed E-state index contributed by atoms with van der Waals surface area (Å²) >= 11 is 3.25. The van der Waals surface area contributed by atoms with Gasteiger partial charge in [0.2, 0.25) is 0 Å². The first-order valence-corrected chi connectivity index (χ1v) is 6.16. The molecule has 0 fully saturated rings. The summed E-state index contributed by atoms with van der Waals surface area (Å²) in [5.74, 6) is -1.06. The maximum absolute atomic E-state index is 13.6. The molecule has 0 heterocycles. The van der Waals surface area contributed by atoms with E-state index in [0.717, 1.165) is 6.07 Å². The molecule has 1 N–H and O–H groups in total. The van der Waals surface area contributed by atoms with Gasteiger partial charge in [-0.05, 0) is 46.3 Å². The number of nitrogens with one attached hydrogen (secondary N) is 1. The van der Waals surface area contributed by atoms with Crippen molar-refractivity contribution >= 4 is 27.5 Å². The Labute approximate surface area is 117 Å². The van der Waals surface area contributed by atoms with E-state index in [9.17, 15) is 9.18 Å². The third kappa shape index (κ3) is 2.98. The van der Waals surface area contributed by atoms with Crippen LogP contribution in [0.5, 0.6) is 0 Å². The van der Waals surface area contributed by atoms with Gasteiger partial charge < -0.3 is 5.32 Å². The van der Waals surface area contributed by atoms with Crippen molar-refractivity contribution < 1.29 is 9.18 Å². The van der Waals surface area contributed by atoms with Crippen molar-refractivity contribution in [1.29, 1.82) is 5.26 Å². The quantitative estimate of drug-likeness (QED) is 0.917. The van der Waals surface area contributed by atoms with Crippen LogP contribution >= 0.6 is 15.9 Å². The smallest absolute Gasteiger partial charge is 0.256 e. The number of nitrogens with zero attached hydrogens (tertiary/aromatic N) is 1. The van der Waals surface area contributed by atoms with Crippen molar-refractivity contribution in [3.8, 4) is 6.07 Å². The van der Waals surface area contributed by atoms with Crippen LogP contribution in [0.25, 0.3) is 0 Å². The van der Waals surface area contributed by atoms with Crippen LogP contribution in [0.4, 0.5) is 10.1 Å². The molecule has 2 aromatic rings. The second-order valence-corrected chi connectivity index (χ2v) is 4.59. The van der Waals surface area contributed by atoms with E-state index >= 15 is 0 Å². The molecule has 0 aliphatic heterocycles. The SMILES string of the molecule is N#Cc1ccc(NC(=O)c2ccccc2Br)c(F)c1. The van der Waals surface area contributed by atoms with Crippen LogP contribution in [0.15, 0.2) is 46.9 Å². The molecule has 0 aliphatic carbocycles. The maximum Gasteiger partial charge on any atom is 0.256 e. The first-order valence-electron chi connectivity index (χ1n) is 5.37. The average molecular weight is 319 g/mol. The molecule has 0 saturated carbocycles. The summed E-state index contributed by atoms with van der Waals surface area (Å²) in [5.41, 5.74) is 0.655. The van der Waals surface area contributed by atoms with Gasteiger partial charge in [-0.2, -0.15) is 5.26 Å². The molecule has 0 bridgehead atoms. The number of amides is 1. The van der Waals surface area contributed by atoms with Gasteiger partial charge in [0.1, 0.15) is 5.82 Å². The topological polar surface area (TPSA) is 52.9 Å². The van der Waals surface area contributed by atoms with Crippen molar-refractivity contribution in [3.05, 3.63) is 63.9 Å². The van der Waals surface area contributed by atoms with Gasteiger partial charge in [-0.3, -0.25) is 4.79 Å². The third-order valence-corrected chi connectivity index (χ3v) is 3.16. The molecular weight excluding hydrogens is 311 g/mol. The van der Waals surface area contributed by atoms with E-state index in [1.807, 2.05) is 6.07 Å². The fourth-order valence-electron chi connectivity index (χ4n) is 1.52. The number of benzene rings is 2. The molecule has 19 heavy (non-hydrogen) atoms. The zero-order valence-electron chi connectivity index (χ0n) is 9.65. The number of hydrogen-bond donors (Lipinski definition) is 1. The highest BCUT2D eigenvalue weighted by atomic mass is 79.9.